The number of aromatic nitrogens is 1. The second-order valence-electron chi connectivity index (χ2n) is 3.77. The lowest BCUT2D eigenvalue weighted by molar-refractivity contribution is 0.104. The maximum Gasteiger partial charge on any atom is 0.207 e. The van der Waals surface area contributed by atoms with Gasteiger partial charge in [-0.1, -0.05) is 29.8 Å². The monoisotopic (exact) mass is 277 g/mol. The number of rotatable bonds is 3. The van der Waals surface area contributed by atoms with Gasteiger partial charge in [0.2, 0.25) is 5.78 Å². The van der Waals surface area contributed by atoms with Crippen LogP contribution in [0.1, 0.15) is 16.1 Å². The molecule has 0 spiro atoms. The van der Waals surface area contributed by atoms with Crippen molar-refractivity contribution in [1.82, 2.24) is 4.98 Å². The van der Waals surface area contributed by atoms with E-state index < -0.39 is 5.78 Å². The third-order valence-corrected chi connectivity index (χ3v) is 2.57. The van der Waals surface area contributed by atoms with Gasteiger partial charge >= 0.3 is 0 Å². The summed E-state index contributed by atoms with van der Waals surface area (Å²) >= 11 is 5.62. The van der Waals surface area contributed by atoms with Gasteiger partial charge < -0.3 is 5.11 Å². The van der Waals surface area contributed by atoms with Crippen LogP contribution in [0.3, 0.4) is 0 Å². The smallest absolute Gasteiger partial charge is 0.207 e. The number of carbonyl (C=O) groups is 1. The number of hydrogen-bond acceptors (Lipinski definition) is 3. The molecular weight excluding hydrogens is 269 g/mol. The van der Waals surface area contributed by atoms with Crippen molar-refractivity contribution in [1.29, 1.82) is 0 Å². The average Bonchev–Trinajstić information content (AvgIpc) is 2.37. The van der Waals surface area contributed by atoms with Gasteiger partial charge in [0.05, 0.1) is 5.02 Å². The van der Waals surface area contributed by atoms with Crippen molar-refractivity contribution in [2.24, 2.45) is 0 Å². The van der Waals surface area contributed by atoms with Crippen molar-refractivity contribution in [3.05, 3.63) is 64.7 Å². The van der Waals surface area contributed by atoms with E-state index in [2.05, 4.69) is 4.98 Å². The van der Waals surface area contributed by atoms with Gasteiger partial charge in [0.25, 0.3) is 0 Å². The predicted octanol–water partition coefficient (Wildman–Crippen LogP) is 3.48. The molecular formula is C14H9ClFNO2. The highest BCUT2D eigenvalue weighted by atomic mass is 35.5. The van der Waals surface area contributed by atoms with E-state index in [1.807, 2.05) is 0 Å². The van der Waals surface area contributed by atoms with Crippen LogP contribution in [0.2, 0.25) is 5.02 Å². The van der Waals surface area contributed by atoms with E-state index in [1.165, 1.54) is 48.7 Å². The lowest BCUT2D eigenvalue weighted by atomic mass is 10.1. The fourth-order valence-corrected chi connectivity index (χ4v) is 1.60. The summed E-state index contributed by atoms with van der Waals surface area (Å²) in [5, 5.41) is 9.79. The van der Waals surface area contributed by atoms with E-state index in [0.29, 0.717) is 5.56 Å². The molecule has 1 aromatic heterocycles. The van der Waals surface area contributed by atoms with E-state index in [1.54, 1.807) is 0 Å². The molecule has 1 heterocycles. The summed E-state index contributed by atoms with van der Waals surface area (Å²) in [7, 11) is 0. The van der Waals surface area contributed by atoms with Crippen molar-refractivity contribution in [2.75, 3.05) is 0 Å². The number of aromatic hydroxyl groups is 1. The number of nitrogens with zero attached hydrogens (tertiary/aromatic N) is 1. The van der Waals surface area contributed by atoms with Crippen molar-refractivity contribution in [3.8, 4) is 5.75 Å². The van der Waals surface area contributed by atoms with E-state index in [4.69, 9.17) is 11.6 Å². The Morgan fingerprint density at radius 1 is 1.32 bits per heavy atom. The molecule has 5 heteroatoms. The number of pyridine rings is 1. The Morgan fingerprint density at radius 2 is 2.00 bits per heavy atom. The summed E-state index contributed by atoms with van der Waals surface area (Å²) in [5.41, 5.74) is 0.589. The standard InChI is InChI=1S/C14H9ClFNO2/c15-10-7-13(19)14(17-8-10)12(18)6-3-9-1-4-11(16)5-2-9/h1-8,19H/b6-3+. The van der Waals surface area contributed by atoms with Gasteiger partial charge in [-0.2, -0.15) is 0 Å². The summed E-state index contributed by atoms with van der Waals surface area (Å²) in [6.45, 7) is 0. The zero-order chi connectivity index (χ0) is 13.8. The van der Waals surface area contributed by atoms with Crippen molar-refractivity contribution in [3.63, 3.8) is 0 Å². The van der Waals surface area contributed by atoms with E-state index in [-0.39, 0.29) is 22.3 Å². The second-order valence-corrected chi connectivity index (χ2v) is 4.21. The van der Waals surface area contributed by atoms with Crippen LogP contribution in [0.15, 0.2) is 42.6 Å². The summed E-state index contributed by atoms with van der Waals surface area (Å²) in [6.07, 6.45) is 4.04. The number of ketones is 1. The molecule has 0 atom stereocenters. The molecule has 0 aliphatic rings. The molecule has 96 valence electrons. The lowest BCUT2D eigenvalue weighted by Crippen LogP contribution is -1.98. The Hall–Kier alpha value is -2.20. The van der Waals surface area contributed by atoms with Crippen LogP contribution in [-0.2, 0) is 0 Å². The third-order valence-electron chi connectivity index (χ3n) is 2.36. The number of halogens is 2. The van der Waals surface area contributed by atoms with E-state index in [9.17, 15) is 14.3 Å². The minimum absolute atomic E-state index is 0.0808. The highest BCUT2D eigenvalue weighted by molar-refractivity contribution is 6.30. The first-order valence-electron chi connectivity index (χ1n) is 5.39. The van der Waals surface area contributed by atoms with Crippen LogP contribution in [0.5, 0.6) is 5.75 Å². The average molecular weight is 278 g/mol. The Labute approximate surface area is 114 Å². The zero-order valence-electron chi connectivity index (χ0n) is 9.68. The molecule has 0 aliphatic carbocycles. The van der Waals surface area contributed by atoms with Crippen molar-refractivity contribution < 1.29 is 14.3 Å². The normalized spacial score (nSPS) is 10.8. The van der Waals surface area contributed by atoms with Gasteiger partial charge in [-0.05, 0) is 23.8 Å². The highest BCUT2D eigenvalue weighted by Gasteiger charge is 2.10. The Bertz CT molecular complexity index is 638. The lowest BCUT2D eigenvalue weighted by Gasteiger charge is -1.99. The quantitative estimate of drug-likeness (QED) is 0.690. The summed E-state index contributed by atoms with van der Waals surface area (Å²) in [6, 6.07) is 6.90. The van der Waals surface area contributed by atoms with Gasteiger partial charge in [0.1, 0.15) is 11.6 Å². The molecule has 0 fully saturated rings. The molecule has 0 saturated carbocycles. The number of hydrogen-bond donors (Lipinski definition) is 1. The van der Waals surface area contributed by atoms with Crippen molar-refractivity contribution >= 4 is 23.5 Å². The number of benzene rings is 1. The predicted molar refractivity (Wildman–Crippen MR) is 70.7 cm³/mol. The molecule has 0 amide bonds. The van der Waals surface area contributed by atoms with Gasteiger partial charge in [0.15, 0.2) is 5.69 Å². The van der Waals surface area contributed by atoms with Gasteiger partial charge in [-0.3, -0.25) is 4.79 Å². The molecule has 1 aromatic carbocycles. The first kappa shape index (κ1) is 13.2. The Kier molecular flexibility index (Phi) is 3.92. The molecule has 2 aromatic rings. The topological polar surface area (TPSA) is 50.2 Å². The van der Waals surface area contributed by atoms with E-state index in [0.717, 1.165) is 0 Å². The zero-order valence-corrected chi connectivity index (χ0v) is 10.4. The minimum atomic E-state index is -0.460. The van der Waals surface area contributed by atoms with Crippen LogP contribution >= 0.6 is 11.6 Å². The van der Waals surface area contributed by atoms with Crippen LogP contribution in [-0.4, -0.2) is 15.9 Å². The maximum atomic E-state index is 12.7. The van der Waals surface area contributed by atoms with Gasteiger partial charge in [0, 0.05) is 12.3 Å². The molecule has 3 nitrogen and oxygen atoms in total. The third kappa shape index (κ3) is 3.39. The Morgan fingerprint density at radius 3 is 2.63 bits per heavy atom. The number of allylic oxidation sites excluding steroid dienone is 1. The molecule has 0 aliphatic heterocycles. The molecule has 2 rings (SSSR count). The SMILES string of the molecule is O=C(/C=C/c1ccc(F)cc1)c1ncc(Cl)cc1O. The van der Waals surface area contributed by atoms with Crippen LogP contribution < -0.4 is 0 Å². The first-order valence-corrected chi connectivity index (χ1v) is 5.76. The van der Waals surface area contributed by atoms with Crippen LogP contribution in [0.4, 0.5) is 4.39 Å². The molecule has 0 unspecified atom stereocenters. The van der Waals surface area contributed by atoms with Gasteiger partial charge in [-0.25, -0.2) is 9.37 Å². The highest BCUT2D eigenvalue weighted by Crippen LogP contribution is 2.20. The molecule has 0 bridgehead atoms. The van der Waals surface area contributed by atoms with Crippen molar-refractivity contribution in [2.45, 2.75) is 0 Å². The first-order chi connectivity index (χ1) is 9.06. The fourth-order valence-electron chi connectivity index (χ4n) is 1.44. The molecule has 1 N–H and O–H groups in total. The molecule has 0 radical (unpaired) electrons. The second kappa shape index (κ2) is 5.63. The summed E-state index contributed by atoms with van der Waals surface area (Å²) < 4.78 is 12.7. The van der Waals surface area contributed by atoms with E-state index >= 15 is 0 Å². The largest absolute Gasteiger partial charge is 0.505 e. The Balaban J connectivity index is 2.18. The number of carbonyl (C=O) groups excluding carboxylic acids is 1. The maximum absolute atomic E-state index is 12.7. The molecule has 0 saturated heterocycles. The minimum Gasteiger partial charge on any atom is -0.505 e. The summed E-state index contributed by atoms with van der Waals surface area (Å²) in [5.74, 6) is -1.08. The van der Waals surface area contributed by atoms with Crippen LogP contribution in [0, 0.1) is 5.82 Å². The fraction of sp³-hybridized carbons (Fsp3) is 0. The van der Waals surface area contributed by atoms with Gasteiger partial charge in [-0.15, -0.1) is 0 Å². The van der Waals surface area contributed by atoms with Crippen LogP contribution in [0.25, 0.3) is 6.08 Å². The summed E-state index contributed by atoms with van der Waals surface area (Å²) in [4.78, 5) is 15.6. The molecule has 19 heavy (non-hydrogen) atoms.